The van der Waals surface area contributed by atoms with Gasteiger partial charge in [0, 0.05) is 12.0 Å². The zero-order valence-electron chi connectivity index (χ0n) is 16.0. The molecular formula is C20H28N4O2S. The van der Waals surface area contributed by atoms with Crippen LogP contribution in [-0.4, -0.2) is 34.0 Å². The lowest BCUT2D eigenvalue weighted by atomic mass is 10.0. The Morgan fingerprint density at radius 3 is 2.93 bits per heavy atom. The minimum Gasteiger partial charge on any atom is -0.496 e. The maximum atomic E-state index is 12.3. The van der Waals surface area contributed by atoms with Gasteiger partial charge in [0.2, 0.25) is 11.1 Å². The molecular weight excluding hydrogens is 360 g/mol. The number of thioether (sulfide) groups is 1. The number of H-pyrrole nitrogens is 1. The number of para-hydroxylation sites is 1. The van der Waals surface area contributed by atoms with Gasteiger partial charge in [0.25, 0.3) is 0 Å². The van der Waals surface area contributed by atoms with Crippen molar-refractivity contribution >= 4 is 17.7 Å². The lowest BCUT2D eigenvalue weighted by molar-refractivity contribution is -0.119. The monoisotopic (exact) mass is 388 g/mol. The number of aromatic nitrogens is 3. The van der Waals surface area contributed by atoms with E-state index in [4.69, 9.17) is 4.74 Å². The fourth-order valence-electron chi connectivity index (χ4n) is 3.61. The van der Waals surface area contributed by atoms with E-state index in [1.807, 2.05) is 31.2 Å². The van der Waals surface area contributed by atoms with Crippen LogP contribution in [-0.2, 0) is 11.2 Å². The lowest BCUT2D eigenvalue weighted by Crippen LogP contribution is -2.28. The number of aryl methyl sites for hydroxylation is 1. The second kappa shape index (κ2) is 9.78. The van der Waals surface area contributed by atoms with Crippen LogP contribution >= 0.6 is 11.8 Å². The molecule has 27 heavy (non-hydrogen) atoms. The normalized spacial score (nSPS) is 15.6. The van der Waals surface area contributed by atoms with Gasteiger partial charge < -0.3 is 10.1 Å². The Bertz CT molecular complexity index is 743. The molecule has 1 atom stereocenters. The lowest BCUT2D eigenvalue weighted by Gasteiger charge is -2.16. The van der Waals surface area contributed by atoms with Gasteiger partial charge in [-0.25, -0.2) is 4.98 Å². The summed E-state index contributed by atoms with van der Waals surface area (Å²) < 4.78 is 5.36. The van der Waals surface area contributed by atoms with E-state index in [9.17, 15) is 4.79 Å². The molecule has 1 heterocycles. The average Bonchev–Trinajstić information content (AvgIpc) is 3.36. The zero-order valence-corrected chi connectivity index (χ0v) is 16.8. The van der Waals surface area contributed by atoms with Crippen molar-refractivity contribution in [1.29, 1.82) is 0 Å². The third kappa shape index (κ3) is 5.73. The number of carbonyl (C=O) groups excluding carboxylic acids is 1. The summed E-state index contributed by atoms with van der Waals surface area (Å²) in [5, 5.41) is 10.9. The highest BCUT2D eigenvalue weighted by molar-refractivity contribution is 7.99. The number of ether oxygens (including phenoxy) is 1. The summed E-state index contributed by atoms with van der Waals surface area (Å²) in [5.74, 6) is 2.79. The van der Waals surface area contributed by atoms with Crippen molar-refractivity contribution in [1.82, 2.24) is 20.5 Å². The molecule has 1 aliphatic carbocycles. The van der Waals surface area contributed by atoms with Crippen LogP contribution in [0.3, 0.4) is 0 Å². The molecule has 0 radical (unpaired) electrons. The van der Waals surface area contributed by atoms with Crippen molar-refractivity contribution in [2.75, 3.05) is 12.9 Å². The van der Waals surface area contributed by atoms with Crippen molar-refractivity contribution in [2.45, 2.75) is 56.6 Å². The Hall–Kier alpha value is -2.02. The molecule has 2 aromatic rings. The minimum absolute atomic E-state index is 0.0456. The second-order valence-corrected chi connectivity index (χ2v) is 8.02. The molecule has 0 saturated heterocycles. The summed E-state index contributed by atoms with van der Waals surface area (Å²) in [6.45, 7) is 1.95. The van der Waals surface area contributed by atoms with Gasteiger partial charge in [-0.1, -0.05) is 55.6 Å². The quantitative estimate of drug-likeness (QED) is 0.637. The molecule has 1 aromatic carbocycles. The Morgan fingerprint density at radius 2 is 2.15 bits per heavy atom. The number of hydrogen-bond acceptors (Lipinski definition) is 5. The Kier molecular flexibility index (Phi) is 7.15. The van der Waals surface area contributed by atoms with Gasteiger partial charge in [-0.15, -0.1) is 5.10 Å². The number of carbonyl (C=O) groups is 1. The van der Waals surface area contributed by atoms with Crippen molar-refractivity contribution in [3.8, 4) is 5.75 Å². The molecule has 7 heteroatoms. The molecule has 1 unspecified atom stereocenters. The molecule has 0 aliphatic heterocycles. The number of aromatic amines is 1. The van der Waals surface area contributed by atoms with Crippen molar-refractivity contribution in [2.24, 2.45) is 5.92 Å². The van der Waals surface area contributed by atoms with Gasteiger partial charge in [0.15, 0.2) is 0 Å². The maximum absolute atomic E-state index is 12.3. The summed E-state index contributed by atoms with van der Waals surface area (Å²) in [4.78, 5) is 16.8. The molecule has 1 aromatic heterocycles. The number of hydrogen-bond donors (Lipinski definition) is 2. The first-order chi connectivity index (χ1) is 13.2. The van der Waals surface area contributed by atoms with Crippen LogP contribution in [0.15, 0.2) is 29.4 Å². The van der Waals surface area contributed by atoms with E-state index in [1.165, 1.54) is 43.9 Å². The third-order valence-corrected chi connectivity index (χ3v) is 5.94. The number of rotatable bonds is 9. The van der Waals surface area contributed by atoms with Crippen LogP contribution in [0.1, 0.15) is 56.5 Å². The fraction of sp³-hybridized carbons (Fsp3) is 0.550. The Balaban J connectivity index is 1.43. The fourth-order valence-corrected chi connectivity index (χ4v) is 4.24. The van der Waals surface area contributed by atoms with Crippen LogP contribution in [0.2, 0.25) is 0 Å². The summed E-state index contributed by atoms with van der Waals surface area (Å²) in [6, 6.07) is 7.59. The first-order valence-electron chi connectivity index (χ1n) is 9.62. The molecule has 2 N–H and O–H groups in total. The standard InChI is InChI=1S/C20H28N4O2S/c1-14(16-9-5-6-10-17(16)26-2)21-19(25)13-27-20-22-18(23-24-20)12-11-15-7-3-4-8-15/h5-6,9-10,14-15H,3-4,7-8,11-13H2,1-2H3,(H,21,25)(H,22,23,24). The number of methoxy groups -OCH3 is 1. The van der Waals surface area contributed by atoms with E-state index in [2.05, 4.69) is 20.5 Å². The van der Waals surface area contributed by atoms with E-state index < -0.39 is 0 Å². The largest absolute Gasteiger partial charge is 0.496 e. The van der Waals surface area contributed by atoms with Gasteiger partial charge in [0.1, 0.15) is 11.6 Å². The summed E-state index contributed by atoms with van der Waals surface area (Å²) >= 11 is 1.36. The molecule has 146 valence electrons. The van der Waals surface area contributed by atoms with Crippen LogP contribution < -0.4 is 10.1 Å². The number of nitrogens with zero attached hydrogens (tertiary/aromatic N) is 2. The van der Waals surface area contributed by atoms with Crippen molar-refractivity contribution in [3.63, 3.8) is 0 Å². The molecule has 0 bridgehead atoms. The molecule has 0 spiro atoms. The Labute approximate surface area is 164 Å². The third-order valence-electron chi connectivity index (χ3n) is 5.09. The number of nitrogens with one attached hydrogen (secondary N) is 2. The van der Waals surface area contributed by atoms with Gasteiger partial charge >= 0.3 is 0 Å². The predicted molar refractivity (Wildman–Crippen MR) is 107 cm³/mol. The highest BCUT2D eigenvalue weighted by Crippen LogP contribution is 2.28. The summed E-state index contributed by atoms with van der Waals surface area (Å²) in [5.41, 5.74) is 0.963. The zero-order chi connectivity index (χ0) is 19.1. The van der Waals surface area contributed by atoms with Crippen LogP contribution in [0.25, 0.3) is 0 Å². The number of amides is 1. The van der Waals surface area contributed by atoms with E-state index in [-0.39, 0.29) is 11.9 Å². The second-order valence-electron chi connectivity index (χ2n) is 7.07. The molecule has 3 rings (SSSR count). The highest BCUT2D eigenvalue weighted by Gasteiger charge is 2.17. The summed E-state index contributed by atoms with van der Waals surface area (Å²) in [7, 11) is 1.64. The first-order valence-corrected chi connectivity index (χ1v) is 10.6. The maximum Gasteiger partial charge on any atom is 0.230 e. The van der Waals surface area contributed by atoms with Gasteiger partial charge in [-0.3, -0.25) is 9.89 Å². The van der Waals surface area contributed by atoms with Crippen molar-refractivity contribution in [3.05, 3.63) is 35.7 Å². The highest BCUT2D eigenvalue weighted by atomic mass is 32.2. The molecule has 1 amide bonds. The van der Waals surface area contributed by atoms with Gasteiger partial charge in [-0.2, -0.15) is 0 Å². The van der Waals surface area contributed by atoms with Crippen LogP contribution in [0.4, 0.5) is 0 Å². The molecule has 6 nitrogen and oxygen atoms in total. The van der Waals surface area contributed by atoms with Crippen molar-refractivity contribution < 1.29 is 9.53 Å². The van der Waals surface area contributed by atoms with Gasteiger partial charge in [0.05, 0.1) is 18.9 Å². The molecule has 1 aliphatic rings. The minimum atomic E-state index is -0.122. The molecule has 1 fully saturated rings. The van der Waals surface area contributed by atoms with Crippen LogP contribution in [0, 0.1) is 5.92 Å². The SMILES string of the molecule is COc1ccccc1C(C)NC(=O)CSc1n[nH]c(CCC2CCCC2)n1. The first kappa shape index (κ1) is 19.7. The summed E-state index contributed by atoms with van der Waals surface area (Å²) in [6.07, 6.45) is 7.54. The van der Waals surface area contributed by atoms with E-state index in [0.29, 0.717) is 10.9 Å². The topological polar surface area (TPSA) is 79.9 Å². The Morgan fingerprint density at radius 1 is 1.37 bits per heavy atom. The van der Waals surface area contributed by atoms with E-state index >= 15 is 0 Å². The van der Waals surface area contributed by atoms with Crippen LogP contribution in [0.5, 0.6) is 5.75 Å². The molecule has 1 saturated carbocycles. The van der Waals surface area contributed by atoms with E-state index in [1.54, 1.807) is 7.11 Å². The number of benzene rings is 1. The predicted octanol–water partition coefficient (Wildman–Crippen LogP) is 3.91. The van der Waals surface area contributed by atoms with E-state index in [0.717, 1.165) is 29.5 Å². The smallest absolute Gasteiger partial charge is 0.230 e. The van der Waals surface area contributed by atoms with Gasteiger partial charge in [-0.05, 0) is 25.3 Å². The average molecular weight is 389 g/mol.